The number of nitrogens with two attached hydrogens (primary N) is 1. The minimum Gasteiger partial charge on any atom is -0.342 e. The third-order valence-electron chi connectivity index (χ3n) is 8.32. The van der Waals surface area contributed by atoms with Crippen molar-refractivity contribution in [3.63, 3.8) is 0 Å². The lowest BCUT2D eigenvalue weighted by Crippen LogP contribution is -2.34. The summed E-state index contributed by atoms with van der Waals surface area (Å²) in [6.45, 7) is 3.35. The number of hydrogen-bond acceptors (Lipinski definition) is 6. The van der Waals surface area contributed by atoms with E-state index < -0.39 is 10.0 Å². The molecule has 1 aromatic heterocycles. The van der Waals surface area contributed by atoms with Crippen LogP contribution in [0.2, 0.25) is 5.02 Å². The van der Waals surface area contributed by atoms with E-state index in [0.717, 1.165) is 72.0 Å². The van der Waals surface area contributed by atoms with E-state index in [1.165, 1.54) is 11.6 Å². The van der Waals surface area contributed by atoms with Gasteiger partial charge in [0, 0.05) is 23.7 Å². The molecule has 0 saturated carbocycles. The Morgan fingerprint density at radius 3 is 2.37 bits per heavy atom. The van der Waals surface area contributed by atoms with Gasteiger partial charge in [-0.05, 0) is 73.5 Å². The minimum atomic E-state index is -3.97. The highest BCUT2D eigenvalue weighted by atomic mass is 35.5. The summed E-state index contributed by atoms with van der Waals surface area (Å²) in [7, 11) is -3.97. The number of piperidine rings is 1. The number of aliphatic imine (C=N–C) groups is 1. The third-order valence-corrected chi connectivity index (χ3v) is 9.69. The maximum atomic E-state index is 12.1. The average Bonchev–Trinajstić information content (AvgIpc) is 3.45. The lowest BCUT2D eigenvalue weighted by Gasteiger charge is -2.32. The molecule has 0 bridgehead atoms. The summed E-state index contributed by atoms with van der Waals surface area (Å²) >= 11 is 6.30. The Morgan fingerprint density at radius 1 is 0.930 bits per heavy atom. The van der Waals surface area contributed by atoms with Gasteiger partial charge >= 0.3 is 0 Å². The van der Waals surface area contributed by atoms with Crippen LogP contribution in [0.1, 0.15) is 41.3 Å². The molecule has 4 aromatic carbocycles. The second kappa shape index (κ2) is 11.2. The third kappa shape index (κ3) is 5.69. The second-order valence-corrected chi connectivity index (χ2v) is 13.1. The van der Waals surface area contributed by atoms with E-state index in [1.54, 1.807) is 6.07 Å². The number of para-hydroxylation sites is 2. The summed E-state index contributed by atoms with van der Waals surface area (Å²) in [4.78, 5) is 17.8. The summed E-state index contributed by atoms with van der Waals surface area (Å²) in [6, 6.07) is 29.8. The number of rotatable bonds is 6. The Morgan fingerprint density at radius 2 is 1.65 bits per heavy atom. The second-order valence-electron chi connectivity index (χ2n) is 11.2. The van der Waals surface area contributed by atoms with Gasteiger partial charge in [-0.15, -0.1) is 0 Å². The Hall–Kier alpha value is -4.02. The smallest absolute Gasteiger partial charge is 0.239 e. The zero-order chi connectivity index (χ0) is 29.6. The topological polar surface area (TPSA) is 108 Å². The SMILES string of the molecule is NS(=O)(=O)c1cc2c(cc1Cl)N=C(c1ccccc1)N(c1ccc(CN3CCC(c4nc5ccccc5[nH]4)CC3)cc1)C2. The summed E-state index contributed by atoms with van der Waals surface area (Å²) in [5, 5.41) is 5.50. The fourth-order valence-corrected chi connectivity index (χ4v) is 7.16. The average molecular weight is 611 g/mol. The first-order valence-corrected chi connectivity index (χ1v) is 16.3. The van der Waals surface area contributed by atoms with Crippen molar-refractivity contribution in [1.82, 2.24) is 14.9 Å². The van der Waals surface area contributed by atoms with Crippen LogP contribution in [-0.2, 0) is 23.1 Å². The number of anilines is 1. The number of aromatic nitrogens is 2. The molecule has 218 valence electrons. The minimum absolute atomic E-state index is 0.0665. The van der Waals surface area contributed by atoms with Crippen molar-refractivity contribution in [1.29, 1.82) is 0 Å². The van der Waals surface area contributed by atoms with Gasteiger partial charge < -0.3 is 9.88 Å². The van der Waals surface area contributed by atoms with E-state index in [1.807, 2.05) is 42.5 Å². The van der Waals surface area contributed by atoms with Gasteiger partial charge in [-0.3, -0.25) is 4.90 Å². The standard InChI is InChI=1S/C33H31ClN6O2S/c34-27-19-30-25(18-31(27)43(35,41)42)21-40(33(38-30)24-6-2-1-3-7-24)26-12-10-22(11-13-26)20-39-16-14-23(15-17-39)32-36-28-8-4-5-9-29(28)37-32/h1-13,18-19,23H,14-17,20-21H2,(H,36,37)(H2,35,41,42). The Kier molecular flexibility index (Phi) is 7.26. The van der Waals surface area contributed by atoms with Crippen LogP contribution >= 0.6 is 11.6 Å². The van der Waals surface area contributed by atoms with Gasteiger partial charge in [0.1, 0.15) is 16.6 Å². The largest absolute Gasteiger partial charge is 0.342 e. The molecule has 2 aliphatic rings. The van der Waals surface area contributed by atoms with Crippen LogP contribution in [0.3, 0.4) is 0 Å². The Balaban J connectivity index is 1.09. The monoisotopic (exact) mass is 610 g/mol. The number of imidazole rings is 1. The fraction of sp³-hybridized carbons (Fsp3) is 0.212. The van der Waals surface area contributed by atoms with Crippen molar-refractivity contribution in [3.05, 3.63) is 119 Å². The van der Waals surface area contributed by atoms with Gasteiger partial charge in [-0.25, -0.2) is 23.5 Å². The normalized spacial score (nSPS) is 16.3. The summed E-state index contributed by atoms with van der Waals surface area (Å²) in [5.74, 6) is 2.32. The summed E-state index contributed by atoms with van der Waals surface area (Å²) < 4.78 is 24.3. The first-order valence-electron chi connectivity index (χ1n) is 14.3. The van der Waals surface area contributed by atoms with Gasteiger partial charge in [-0.1, -0.05) is 66.2 Å². The number of primary sulfonamides is 1. The highest BCUT2D eigenvalue weighted by molar-refractivity contribution is 7.89. The Bertz CT molecular complexity index is 1900. The van der Waals surface area contributed by atoms with Crippen molar-refractivity contribution >= 4 is 49.9 Å². The van der Waals surface area contributed by atoms with Crippen LogP contribution in [-0.4, -0.2) is 42.2 Å². The van der Waals surface area contributed by atoms with E-state index in [9.17, 15) is 8.42 Å². The number of benzene rings is 4. The number of halogens is 1. The first-order chi connectivity index (χ1) is 20.8. The lowest BCUT2D eigenvalue weighted by molar-refractivity contribution is 0.202. The molecule has 3 heterocycles. The highest BCUT2D eigenvalue weighted by Gasteiger charge is 2.27. The van der Waals surface area contributed by atoms with Crippen molar-refractivity contribution in [2.45, 2.75) is 36.7 Å². The molecule has 2 aliphatic heterocycles. The van der Waals surface area contributed by atoms with Crippen LogP contribution in [0.15, 0.2) is 101 Å². The molecule has 1 saturated heterocycles. The molecule has 43 heavy (non-hydrogen) atoms. The lowest BCUT2D eigenvalue weighted by atomic mass is 9.96. The molecule has 7 rings (SSSR count). The van der Waals surface area contributed by atoms with Gasteiger partial charge in [0.05, 0.1) is 28.3 Å². The number of hydrogen-bond donors (Lipinski definition) is 2. The van der Waals surface area contributed by atoms with Crippen LogP contribution in [0.5, 0.6) is 0 Å². The zero-order valence-electron chi connectivity index (χ0n) is 23.4. The maximum Gasteiger partial charge on any atom is 0.239 e. The number of fused-ring (bicyclic) bond motifs is 2. The van der Waals surface area contributed by atoms with Crippen molar-refractivity contribution in [3.8, 4) is 0 Å². The van der Waals surface area contributed by atoms with E-state index >= 15 is 0 Å². The number of likely N-dealkylation sites (tertiary alicyclic amines) is 1. The van der Waals surface area contributed by atoms with Crippen LogP contribution in [0.25, 0.3) is 11.0 Å². The fourth-order valence-electron chi connectivity index (χ4n) is 6.04. The van der Waals surface area contributed by atoms with E-state index in [2.05, 4.69) is 51.2 Å². The number of amidine groups is 1. The van der Waals surface area contributed by atoms with Gasteiger partial charge in [0.25, 0.3) is 0 Å². The molecule has 8 nitrogen and oxygen atoms in total. The molecule has 0 radical (unpaired) electrons. The van der Waals surface area contributed by atoms with E-state index in [4.69, 9.17) is 26.7 Å². The molecule has 0 aliphatic carbocycles. The number of nitrogens with zero attached hydrogens (tertiary/aromatic N) is 4. The molecule has 0 amide bonds. The molecule has 0 unspecified atom stereocenters. The predicted molar refractivity (Wildman–Crippen MR) is 171 cm³/mol. The number of aromatic amines is 1. The summed E-state index contributed by atoms with van der Waals surface area (Å²) in [6.07, 6.45) is 2.15. The molecule has 0 spiro atoms. The van der Waals surface area contributed by atoms with Crippen LogP contribution in [0, 0.1) is 0 Å². The number of sulfonamides is 1. The number of nitrogens with one attached hydrogen (secondary N) is 1. The molecular weight excluding hydrogens is 580 g/mol. The summed E-state index contributed by atoms with van der Waals surface area (Å²) in [5.41, 5.74) is 6.67. The number of H-pyrrole nitrogens is 1. The van der Waals surface area contributed by atoms with Gasteiger partial charge in [-0.2, -0.15) is 0 Å². The van der Waals surface area contributed by atoms with Gasteiger partial charge in [0.2, 0.25) is 10.0 Å². The van der Waals surface area contributed by atoms with E-state index in [0.29, 0.717) is 18.2 Å². The Labute approximate surface area is 255 Å². The van der Waals surface area contributed by atoms with Crippen molar-refractivity contribution < 1.29 is 8.42 Å². The molecule has 5 aromatic rings. The molecule has 3 N–H and O–H groups in total. The predicted octanol–water partition coefficient (Wildman–Crippen LogP) is 6.34. The highest BCUT2D eigenvalue weighted by Crippen LogP contribution is 2.37. The molecular formula is C33H31ClN6O2S. The zero-order valence-corrected chi connectivity index (χ0v) is 25.0. The first kappa shape index (κ1) is 27.8. The molecule has 0 atom stereocenters. The van der Waals surface area contributed by atoms with Crippen molar-refractivity contribution in [2.24, 2.45) is 10.1 Å². The maximum absolute atomic E-state index is 12.1. The van der Waals surface area contributed by atoms with Gasteiger partial charge in [0.15, 0.2) is 0 Å². The van der Waals surface area contributed by atoms with E-state index in [-0.39, 0.29) is 9.92 Å². The molecule has 10 heteroatoms. The van der Waals surface area contributed by atoms with Crippen molar-refractivity contribution in [2.75, 3.05) is 18.0 Å². The quantitative estimate of drug-likeness (QED) is 0.233. The van der Waals surface area contributed by atoms with Crippen LogP contribution in [0.4, 0.5) is 11.4 Å². The van der Waals surface area contributed by atoms with Crippen LogP contribution < -0.4 is 10.0 Å². The molecule has 1 fully saturated rings.